The quantitative estimate of drug-likeness (QED) is 0.731. The summed E-state index contributed by atoms with van der Waals surface area (Å²) in [6.07, 6.45) is 3.08. The van der Waals surface area contributed by atoms with Crippen LogP contribution in [0.15, 0.2) is 48.8 Å². The van der Waals surface area contributed by atoms with Crippen LogP contribution in [0.1, 0.15) is 33.6 Å². The normalized spacial score (nSPS) is 14.8. The highest BCUT2D eigenvalue weighted by molar-refractivity contribution is 5.97. The Hall–Kier alpha value is -3.35. The number of carbonyl (C=O) groups is 2. The number of fused-ring (bicyclic) bond motifs is 1. The Morgan fingerprint density at radius 1 is 1.14 bits per heavy atom. The number of carbonyl (C=O) groups excluding carboxylic acids is 2. The van der Waals surface area contributed by atoms with Gasteiger partial charge in [-0.25, -0.2) is 4.98 Å². The van der Waals surface area contributed by atoms with Crippen LogP contribution >= 0.6 is 0 Å². The highest BCUT2D eigenvalue weighted by Gasteiger charge is 2.25. The van der Waals surface area contributed by atoms with Gasteiger partial charge in [-0.15, -0.1) is 0 Å². The molecule has 4 rings (SSSR count). The number of likely N-dealkylation sites (tertiary alicyclic amines) is 1. The summed E-state index contributed by atoms with van der Waals surface area (Å²) >= 11 is 0. The van der Waals surface area contributed by atoms with Crippen LogP contribution in [0.5, 0.6) is 5.75 Å². The number of aromatic amines is 1. The van der Waals surface area contributed by atoms with E-state index in [0.29, 0.717) is 30.0 Å². The molecule has 28 heavy (non-hydrogen) atoms. The van der Waals surface area contributed by atoms with Gasteiger partial charge < -0.3 is 19.9 Å². The van der Waals surface area contributed by atoms with Gasteiger partial charge in [-0.1, -0.05) is 6.07 Å². The predicted molar refractivity (Wildman–Crippen MR) is 105 cm³/mol. The van der Waals surface area contributed by atoms with Crippen LogP contribution in [0.3, 0.4) is 0 Å². The van der Waals surface area contributed by atoms with Gasteiger partial charge in [-0.3, -0.25) is 9.59 Å². The zero-order valence-corrected chi connectivity index (χ0v) is 15.6. The SMILES string of the molecule is COc1cccc(C(=O)NC2CCN(C(=O)c3ccc4nc[nH]c4c3)CC2)c1. The molecular formula is C21H22N4O3. The number of imidazole rings is 1. The molecule has 2 N–H and O–H groups in total. The predicted octanol–water partition coefficient (Wildman–Crippen LogP) is 2.61. The smallest absolute Gasteiger partial charge is 0.253 e. The first-order chi connectivity index (χ1) is 13.6. The number of aromatic nitrogens is 2. The summed E-state index contributed by atoms with van der Waals surface area (Å²) in [5, 5.41) is 3.06. The van der Waals surface area contributed by atoms with Crippen LogP contribution in [0.2, 0.25) is 0 Å². The van der Waals surface area contributed by atoms with E-state index in [2.05, 4.69) is 15.3 Å². The number of methoxy groups -OCH3 is 1. The van der Waals surface area contributed by atoms with Crippen LogP contribution < -0.4 is 10.1 Å². The minimum absolute atomic E-state index is 0.00840. The Kier molecular flexibility index (Phi) is 4.97. The van der Waals surface area contributed by atoms with E-state index in [1.54, 1.807) is 31.6 Å². The fourth-order valence-corrected chi connectivity index (χ4v) is 3.51. The number of nitrogens with one attached hydrogen (secondary N) is 2. The fraction of sp³-hybridized carbons (Fsp3) is 0.286. The van der Waals surface area contributed by atoms with Crippen LogP contribution in [-0.2, 0) is 0 Å². The maximum atomic E-state index is 12.8. The Balaban J connectivity index is 1.34. The first-order valence-electron chi connectivity index (χ1n) is 9.31. The maximum absolute atomic E-state index is 12.8. The Morgan fingerprint density at radius 3 is 2.75 bits per heavy atom. The second kappa shape index (κ2) is 7.72. The lowest BCUT2D eigenvalue weighted by Crippen LogP contribution is -2.46. The number of rotatable bonds is 4. The third-order valence-corrected chi connectivity index (χ3v) is 5.12. The van der Waals surface area contributed by atoms with Gasteiger partial charge >= 0.3 is 0 Å². The Bertz CT molecular complexity index is 1010. The van der Waals surface area contributed by atoms with Gasteiger partial charge in [0.25, 0.3) is 11.8 Å². The molecule has 144 valence electrons. The number of hydrogen-bond acceptors (Lipinski definition) is 4. The number of nitrogens with zero attached hydrogens (tertiary/aromatic N) is 2. The van der Waals surface area contributed by atoms with Crippen molar-refractivity contribution < 1.29 is 14.3 Å². The fourth-order valence-electron chi connectivity index (χ4n) is 3.51. The first kappa shape index (κ1) is 18.0. The van der Waals surface area contributed by atoms with E-state index in [1.807, 2.05) is 29.2 Å². The number of piperidine rings is 1. The molecule has 0 aliphatic carbocycles. The lowest BCUT2D eigenvalue weighted by molar-refractivity contribution is 0.0698. The monoisotopic (exact) mass is 378 g/mol. The summed E-state index contributed by atoms with van der Waals surface area (Å²) in [5.41, 5.74) is 2.92. The molecule has 0 spiro atoms. The molecule has 1 aliphatic rings. The molecule has 1 aliphatic heterocycles. The molecule has 2 heterocycles. The van der Waals surface area contributed by atoms with Crippen molar-refractivity contribution in [1.29, 1.82) is 0 Å². The Labute approximate surface area is 162 Å². The minimum atomic E-state index is -0.117. The zero-order valence-electron chi connectivity index (χ0n) is 15.6. The molecule has 2 aromatic carbocycles. The third kappa shape index (κ3) is 3.69. The molecule has 2 amide bonds. The van der Waals surface area contributed by atoms with Gasteiger partial charge in [-0.2, -0.15) is 0 Å². The number of hydrogen-bond donors (Lipinski definition) is 2. The van der Waals surface area contributed by atoms with Crippen molar-refractivity contribution in [3.05, 3.63) is 59.9 Å². The van der Waals surface area contributed by atoms with E-state index < -0.39 is 0 Å². The van der Waals surface area contributed by atoms with Crippen molar-refractivity contribution in [1.82, 2.24) is 20.2 Å². The van der Waals surface area contributed by atoms with Gasteiger partial charge in [0, 0.05) is 30.3 Å². The van der Waals surface area contributed by atoms with Crippen LogP contribution in [0.25, 0.3) is 11.0 Å². The molecule has 0 radical (unpaired) electrons. The second-order valence-corrected chi connectivity index (χ2v) is 6.91. The van der Waals surface area contributed by atoms with E-state index in [0.717, 1.165) is 23.9 Å². The standard InChI is InChI=1S/C21H22N4O3/c1-28-17-4-2-3-14(11-17)20(26)24-16-7-9-25(10-8-16)21(27)15-5-6-18-19(12-15)23-13-22-18/h2-6,11-13,16H,7-10H2,1H3,(H,22,23)(H,24,26). The van der Waals surface area contributed by atoms with Crippen molar-refractivity contribution in [3.8, 4) is 5.75 Å². The highest BCUT2D eigenvalue weighted by atomic mass is 16.5. The lowest BCUT2D eigenvalue weighted by atomic mass is 10.0. The van der Waals surface area contributed by atoms with Crippen molar-refractivity contribution >= 4 is 22.8 Å². The summed E-state index contributed by atoms with van der Waals surface area (Å²) < 4.78 is 5.17. The molecule has 1 fully saturated rings. The summed E-state index contributed by atoms with van der Waals surface area (Å²) in [4.78, 5) is 34.3. The van der Waals surface area contributed by atoms with Gasteiger partial charge in [0.15, 0.2) is 0 Å². The molecule has 7 nitrogen and oxygen atoms in total. The minimum Gasteiger partial charge on any atom is -0.497 e. The van der Waals surface area contributed by atoms with E-state index in [9.17, 15) is 9.59 Å². The van der Waals surface area contributed by atoms with Gasteiger partial charge in [0.2, 0.25) is 0 Å². The van der Waals surface area contributed by atoms with E-state index in [-0.39, 0.29) is 17.9 Å². The highest BCUT2D eigenvalue weighted by Crippen LogP contribution is 2.18. The van der Waals surface area contributed by atoms with Crippen LogP contribution in [0.4, 0.5) is 0 Å². The molecule has 1 aromatic heterocycles. The molecule has 0 unspecified atom stereocenters. The first-order valence-corrected chi connectivity index (χ1v) is 9.31. The molecule has 0 atom stereocenters. The van der Waals surface area contributed by atoms with E-state index in [1.165, 1.54) is 0 Å². The lowest BCUT2D eigenvalue weighted by Gasteiger charge is -2.32. The number of H-pyrrole nitrogens is 1. The van der Waals surface area contributed by atoms with E-state index >= 15 is 0 Å². The average molecular weight is 378 g/mol. The van der Waals surface area contributed by atoms with Crippen LogP contribution in [-0.4, -0.2) is 52.9 Å². The average Bonchev–Trinajstić information content (AvgIpc) is 3.21. The molecule has 1 saturated heterocycles. The zero-order chi connectivity index (χ0) is 19.5. The Morgan fingerprint density at radius 2 is 1.96 bits per heavy atom. The third-order valence-electron chi connectivity index (χ3n) is 5.12. The van der Waals surface area contributed by atoms with Gasteiger partial charge in [0.05, 0.1) is 24.5 Å². The number of ether oxygens (including phenoxy) is 1. The molecule has 3 aromatic rings. The number of amides is 2. The van der Waals surface area contributed by atoms with Gasteiger partial charge in [0.1, 0.15) is 5.75 Å². The summed E-state index contributed by atoms with van der Waals surface area (Å²) in [6.45, 7) is 1.23. The van der Waals surface area contributed by atoms with Gasteiger partial charge in [-0.05, 0) is 49.2 Å². The largest absolute Gasteiger partial charge is 0.497 e. The number of benzene rings is 2. The van der Waals surface area contributed by atoms with Crippen LogP contribution in [0, 0.1) is 0 Å². The molecular weight excluding hydrogens is 356 g/mol. The molecule has 0 bridgehead atoms. The molecule has 0 saturated carbocycles. The van der Waals surface area contributed by atoms with Crippen molar-refractivity contribution in [2.24, 2.45) is 0 Å². The van der Waals surface area contributed by atoms with Crippen molar-refractivity contribution in [2.75, 3.05) is 20.2 Å². The maximum Gasteiger partial charge on any atom is 0.253 e. The van der Waals surface area contributed by atoms with Crippen molar-refractivity contribution in [2.45, 2.75) is 18.9 Å². The summed E-state index contributed by atoms with van der Waals surface area (Å²) in [7, 11) is 1.58. The second-order valence-electron chi connectivity index (χ2n) is 6.91. The van der Waals surface area contributed by atoms with Crippen molar-refractivity contribution in [3.63, 3.8) is 0 Å². The van der Waals surface area contributed by atoms with E-state index in [4.69, 9.17) is 4.74 Å². The molecule has 7 heteroatoms. The summed E-state index contributed by atoms with van der Waals surface area (Å²) in [5.74, 6) is 0.546. The summed E-state index contributed by atoms with van der Waals surface area (Å²) in [6, 6.07) is 12.6. The topological polar surface area (TPSA) is 87.3 Å².